The van der Waals surface area contributed by atoms with E-state index in [1.807, 2.05) is 24.3 Å². The average molecular weight is 373 g/mol. The van der Waals surface area contributed by atoms with Gasteiger partial charge in [0.25, 0.3) is 0 Å². The van der Waals surface area contributed by atoms with Crippen LogP contribution in [0.3, 0.4) is 0 Å². The van der Waals surface area contributed by atoms with Gasteiger partial charge in [-0.25, -0.2) is 8.78 Å². The number of Topliss-reactive ketones (excluding diaryl/α,β-unsaturated/α-hetero) is 1. The highest BCUT2D eigenvalue weighted by molar-refractivity contribution is 5.75. The normalized spacial score (nSPS) is 14.3. The summed E-state index contributed by atoms with van der Waals surface area (Å²) in [6.45, 7) is 3.55. The van der Waals surface area contributed by atoms with Crippen molar-refractivity contribution in [3.05, 3.63) is 59.2 Å². The van der Waals surface area contributed by atoms with Gasteiger partial charge in [0.15, 0.2) is 17.4 Å². The molecule has 0 N–H and O–H groups in total. The Morgan fingerprint density at radius 2 is 1.74 bits per heavy atom. The number of ether oxygens (including phenoxy) is 1. The van der Waals surface area contributed by atoms with E-state index in [4.69, 9.17) is 4.74 Å². The molecule has 1 aliphatic heterocycles. The number of piperidine rings is 1. The van der Waals surface area contributed by atoms with Gasteiger partial charge in [-0.3, -0.25) is 0 Å². The third-order valence-electron chi connectivity index (χ3n) is 4.88. The van der Waals surface area contributed by atoms with Crippen molar-refractivity contribution in [3.63, 3.8) is 0 Å². The van der Waals surface area contributed by atoms with Crippen molar-refractivity contribution in [2.45, 2.75) is 45.6 Å². The Hall–Kier alpha value is -2.43. The molecule has 0 atom stereocenters. The van der Waals surface area contributed by atoms with Crippen molar-refractivity contribution in [2.75, 3.05) is 18.0 Å². The minimum absolute atomic E-state index is 0.00883. The molecule has 1 fully saturated rings. The van der Waals surface area contributed by atoms with Crippen LogP contribution in [0.5, 0.6) is 5.75 Å². The summed E-state index contributed by atoms with van der Waals surface area (Å²) < 4.78 is 34.2. The van der Waals surface area contributed by atoms with E-state index < -0.39 is 11.6 Å². The molecular formula is C22H25F2NO2. The minimum atomic E-state index is -0.732. The second kappa shape index (κ2) is 8.98. The van der Waals surface area contributed by atoms with Gasteiger partial charge in [-0.1, -0.05) is 18.2 Å². The number of rotatable bonds is 7. The van der Waals surface area contributed by atoms with E-state index in [0.717, 1.165) is 37.2 Å². The first-order valence-corrected chi connectivity index (χ1v) is 9.47. The SMILES string of the molecule is CC(=O)CCc1cc(F)c(OCc2ccccc2N2CCCCC2)c(F)c1. The summed E-state index contributed by atoms with van der Waals surface area (Å²) in [6, 6.07) is 10.3. The monoisotopic (exact) mass is 373 g/mol. The van der Waals surface area contributed by atoms with E-state index >= 15 is 0 Å². The smallest absolute Gasteiger partial charge is 0.191 e. The molecule has 27 heavy (non-hydrogen) atoms. The molecule has 0 aliphatic carbocycles. The maximum absolute atomic E-state index is 14.3. The van der Waals surface area contributed by atoms with E-state index in [1.165, 1.54) is 25.5 Å². The Balaban J connectivity index is 1.72. The van der Waals surface area contributed by atoms with Crippen molar-refractivity contribution >= 4 is 11.5 Å². The molecule has 0 spiro atoms. The Bertz CT molecular complexity index is 778. The molecule has 0 bridgehead atoms. The van der Waals surface area contributed by atoms with Crippen molar-refractivity contribution in [2.24, 2.45) is 0 Å². The molecule has 0 aromatic heterocycles. The number of halogens is 2. The number of aryl methyl sites for hydroxylation is 1. The largest absolute Gasteiger partial charge is 0.483 e. The van der Waals surface area contributed by atoms with Gasteiger partial charge in [-0.2, -0.15) is 0 Å². The molecule has 0 radical (unpaired) electrons. The first-order valence-electron chi connectivity index (χ1n) is 9.47. The maximum Gasteiger partial charge on any atom is 0.191 e. The summed E-state index contributed by atoms with van der Waals surface area (Å²) in [7, 11) is 0. The molecule has 1 saturated heterocycles. The highest BCUT2D eigenvalue weighted by Crippen LogP contribution is 2.28. The number of benzene rings is 2. The lowest BCUT2D eigenvalue weighted by atomic mass is 10.1. The number of hydrogen-bond acceptors (Lipinski definition) is 3. The molecular weight excluding hydrogens is 348 g/mol. The van der Waals surface area contributed by atoms with E-state index in [2.05, 4.69) is 4.90 Å². The highest BCUT2D eigenvalue weighted by atomic mass is 19.1. The molecule has 144 valence electrons. The van der Waals surface area contributed by atoms with Gasteiger partial charge >= 0.3 is 0 Å². The maximum atomic E-state index is 14.3. The predicted molar refractivity (Wildman–Crippen MR) is 102 cm³/mol. The van der Waals surface area contributed by atoms with Crippen LogP contribution in [0.15, 0.2) is 36.4 Å². The summed E-state index contributed by atoms with van der Waals surface area (Å²) in [5.74, 6) is -1.84. The summed E-state index contributed by atoms with van der Waals surface area (Å²) in [5.41, 5.74) is 2.44. The second-order valence-corrected chi connectivity index (χ2v) is 7.06. The molecule has 3 rings (SSSR count). The number of para-hydroxylation sites is 1. The van der Waals surface area contributed by atoms with Crippen LogP contribution in [0.2, 0.25) is 0 Å². The lowest BCUT2D eigenvalue weighted by Gasteiger charge is -2.30. The van der Waals surface area contributed by atoms with Crippen LogP contribution in [0.25, 0.3) is 0 Å². The fraction of sp³-hybridized carbons (Fsp3) is 0.409. The molecule has 3 nitrogen and oxygen atoms in total. The minimum Gasteiger partial charge on any atom is -0.483 e. The topological polar surface area (TPSA) is 29.5 Å². The molecule has 2 aromatic carbocycles. The zero-order valence-electron chi connectivity index (χ0n) is 15.6. The van der Waals surface area contributed by atoms with Gasteiger partial charge in [0.05, 0.1) is 0 Å². The average Bonchev–Trinajstić information content (AvgIpc) is 2.67. The molecule has 1 heterocycles. The zero-order chi connectivity index (χ0) is 19.2. The van der Waals surface area contributed by atoms with E-state index in [1.54, 1.807) is 0 Å². The number of nitrogens with zero attached hydrogens (tertiary/aromatic N) is 1. The standard InChI is InChI=1S/C22H25F2NO2/c1-16(26)9-10-17-13-19(23)22(20(24)14-17)27-15-18-7-3-4-8-21(18)25-11-5-2-6-12-25/h3-4,7-8,13-14H,2,5-6,9-12,15H2,1H3. The molecule has 0 amide bonds. The van der Waals surface area contributed by atoms with Crippen molar-refractivity contribution in [3.8, 4) is 5.75 Å². The Morgan fingerprint density at radius 3 is 2.41 bits per heavy atom. The lowest BCUT2D eigenvalue weighted by Crippen LogP contribution is -2.30. The number of anilines is 1. The van der Waals surface area contributed by atoms with Crippen LogP contribution in [-0.4, -0.2) is 18.9 Å². The number of hydrogen-bond donors (Lipinski definition) is 0. The third-order valence-corrected chi connectivity index (χ3v) is 4.88. The quantitative estimate of drug-likeness (QED) is 0.680. The predicted octanol–water partition coefficient (Wildman–Crippen LogP) is 5.06. The summed E-state index contributed by atoms with van der Waals surface area (Å²) in [5, 5.41) is 0. The van der Waals surface area contributed by atoms with E-state index in [-0.39, 0.29) is 24.6 Å². The number of ketones is 1. The zero-order valence-corrected chi connectivity index (χ0v) is 15.6. The number of carbonyl (C=O) groups is 1. The molecule has 0 saturated carbocycles. The summed E-state index contributed by atoms with van der Waals surface area (Å²) >= 11 is 0. The third kappa shape index (κ3) is 5.06. The summed E-state index contributed by atoms with van der Waals surface area (Å²) in [4.78, 5) is 13.4. The van der Waals surface area contributed by atoms with Crippen molar-refractivity contribution in [1.82, 2.24) is 0 Å². The van der Waals surface area contributed by atoms with Crippen LogP contribution in [-0.2, 0) is 17.8 Å². The van der Waals surface area contributed by atoms with Crippen LogP contribution >= 0.6 is 0 Å². The van der Waals surface area contributed by atoms with Crippen molar-refractivity contribution in [1.29, 1.82) is 0 Å². The number of carbonyl (C=O) groups excluding carboxylic acids is 1. The van der Waals surface area contributed by atoms with Gasteiger partial charge < -0.3 is 14.4 Å². The van der Waals surface area contributed by atoms with Gasteiger partial charge in [0.2, 0.25) is 0 Å². The first kappa shape index (κ1) is 19.3. The highest BCUT2D eigenvalue weighted by Gasteiger charge is 2.17. The summed E-state index contributed by atoms with van der Waals surface area (Å²) in [6.07, 6.45) is 4.13. The lowest BCUT2D eigenvalue weighted by molar-refractivity contribution is -0.116. The van der Waals surface area contributed by atoms with E-state index in [9.17, 15) is 13.6 Å². The Morgan fingerprint density at radius 1 is 1.07 bits per heavy atom. The van der Waals surface area contributed by atoms with Crippen LogP contribution in [0, 0.1) is 11.6 Å². The molecule has 5 heteroatoms. The molecule has 1 aliphatic rings. The van der Waals surface area contributed by atoms with Crippen molar-refractivity contribution < 1.29 is 18.3 Å². The fourth-order valence-corrected chi connectivity index (χ4v) is 3.44. The van der Waals surface area contributed by atoms with Crippen LogP contribution in [0.1, 0.15) is 43.7 Å². The van der Waals surface area contributed by atoms with Gasteiger partial charge in [0.1, 0.15) is 12.4 Å². The van der Waals surface area contributed by atoms with E-state index in [0.29, 0.717) is 12.0 Å². The first-order chi connectivity index (χ1) is 13.0. The molecule has 0 unspecified atom stereocenters. The Labute approximate surface area is 158 Å². The van der Waals surface area contributed by atoms with Gasteiger partial charge in [-0.05, 0) is 56.4 Å². The molecule has 2 aromatic rings. The second-order valence-electron chi connectivity index (χ2n) is 7.06. The Kier molecular flexibility index (Phi) is 6.43. The fourth-order valence-electron chi connectivity index (χ4n) is 3.44. The van der Waals surface area contributed by atoms with Crippen LogP contribution < -0.4 is 9.64 Å². The van der Waals surface area contributed by atoms with Gasteiger partial charge in [-0.15, -0.1) is 0 Å². The van der Waals surface area contributed by atoms with Gasteiger partial charge in [0, 0.05) is 30.8 Å². The van der Waals surface area contributed by atoms with Crippen LogP contribution in [0.4, 0.5) is 14.5 Å².